The zero-order chi connectivity index (χ0) is 24.4. The molecule has 0 bridgehead atoms. The molecule has 1 saturated heterocycles. The molecule has 2 aliphatic rings. The fraction of sp³-hybridized carbons (Fsp3) is 0.423. The van der Waals surface area contributed by atoms with E-state index in [1.807, 2.05) is 25.1 Å². The van der Waals surface area contributed by atoms with Crippen LogP contribution >= 0.6 is 11.3 Å². The summed E-state index contributed by atoms with van der Waals surface area (Å²) >= 11 is 1.66. The Morgan fingerprint density at radius 3 is 2.89 bits per heavy atom. The first kappa shape index (κ1) is 24.1. The number of aliphatic hydroxyl groups is 1. The van der Waals surface area contributed by atoms with Crippen molar-refractivity contribution in [2.75, 3.05) is 39.3 Å². The second kappa shape index (κ2) is 10.6. The van der Waals surface area contributed by atoms with Gasteiger partial charge in [0.2, 0.25) is 0 Å². The van der Waals surface area contributed by atoms with Gasteiger partial charge in [-0.1, -0.05) is 0 Å². The Bertz CT molecular complexity index is 1190. The summed E-state index contributed by atoms with van der Waals surface area (Å²) in [4.78, 5) is 14.9. The first-order valence-electron chi connectivity index (χ1n) is 12.0. The molecule has 2 N–H and O–H groups in total. The van der Waals surface area contributed by atoms with Gasteiger partial charge in [-0.2, -0.15) is 0 Å². The minimum atomic E-state index is -0.565. The van der Waals surface area contributed by atoms with Gasteiger partial charge in [0, 0.05) is 44.8 Å². The lowest BCUT2D eigenvalue weighted by Crippen LogP contribution is -2.55. The van der Waals surface area contributed by atoms with E-state index < -0.39 is 6.10 Å². The summed E-state index contributed by atoms with van der Waals surface area (Å²) in [5, 5.41) is 11.6. The van der Waals surface area contributed by atoms with E-state index in [9.17, 15) is 9.50 Å². The number of rotatable bonds is 8. The maximum absolute atomic E-state index is 13.2. The largest absolute Gasteiger partial charge is 0.491 e. The maximum atomic E-state index is 13.2. The Kier molecular flexibility index (Phi) is 7.31. The summed E-state index contributed by atoms with van der Waals surface area (Å²) in [6.07, 6.45) is 1.42. The normalized spacial score (nSPS) is 22.2. The molecular formula is C26H31FN4O3S. The molecule has 2 aromatic carbocycles. The summed E-state index contributed by atoms with van der Waals surface area (Å²) in [5.41, 5.74) is 5.68. The van der Waals surface area contributed by atoms with Crippen molar-refractivity contribution in [1.82, 2.24) is 20.3 Å². The highest BCUT2D eigenvalue weighted by atomic mass is 32.1. The number of aryl methyl sites for hydroxylation is 1. The number of benzene rings is 2. The SMILES string of the molecule is Cc1nc2cc(OC[C@H](O)CN3CCN(C[C@H]4C=C(c5ccc(F)cc5)NO4)[C@@H](C)C3)ccc2s1. The minimum absolute atomic E-state index is 0.0677. The number of ether oxygens (including phenoxy) is 1. The van der Waals surface area contributed by atoms with E-state index in [0.29, 0.717) is 12.6 Å². The van der Waals surface area contributed by atoms with E-state index in [0.717, 1.165) is 58.4 Å². The third-order valence-electron chi connectivity index (χ3n) is 6.47. The van der Waals surface area contributed by atoms with Gasteiger partial charge in [-0.3, -0.25) is 20.1 Å². The van der Waals surface area contributed by atoms with E-state index >= 15 is 0 Å². The van der Waals surface area contributed by atoms with Crippen molar-refractivity contribution in [2.45, 2.75) is 32.1 Å². The van der Waals surface area contributed by atoms with Crippen molar-refractivity contribution in [3.63, 3.8) is 0 Å². The van der Waals surface area contributed by atoms with E-state index in [2.05, 4.69) is 33.3 Å². The third kappa shape index (κ3) is 5.99. The van der Waals surface area contributed by atoms with E-state index in [1.165, 1.54) is 12.1 Å². The number of aromatic nitrogens is 1. The molecule has 3 heterocycles. The number of aliphatic hydroxyl groups excluding tert-OH is 1. The molecule has 0 amide bonds. The van der Waals surface area contributed by atoms with Gasteiger partial charge in [0.15, 0.2) is 0 Å². The number of hydrogen-bond donors (Lipinski definition) is 2. The molecule has 1 aromatic heterocycles. The smallest absolute Gasteiger partial charge is 0.123 e. The van der Waals surface area contributed by atoms with Crippen LogP contribution in [0.4, 0.5) is 4.39 Å². The molecular weight excluding hydrogens is 467 g/mol. The van der Waals surface area contributed by atoms with Crippen LogP contribution in [-0.2, 0) is 4.84 Å². The Morgan fingerprint density at radius 1 is 1.26 bits per heavy atom. The molecule has 186 valence electrons. The Hall–Kier alpha value is -2.56. The zero-order valence-corrected chi connectivity index (χ0v) is 20.8. The fourth-order valence-electron chi connectivity index (χ4n) is 4.66. The van der Waals surface area contributed by atoms with E-state index in [4.69, 9.17) is 9.57 Å². The molecule has 0 unspecified atom stereocenters. The second-order valence-electron chi connectivity index (χ2n) is 9.28. The molecule has 0 aliphatic carbocycles. The lowest BCUT2D eigenvalue weighted by atomic mass is 10.1. The van der Waals surface area contributed by atoms with Crippen molar-refractivity contribution in [3.05, 3.63) is 64.9 Å². The molecule has 0 radical (unpaired) electrons. The van der Waals surface area contributed by atoms with Crippen molar-refractivity contribution in [2.24, 2.45) is 0 Å². The molecule has 2 aliphatic heterocycles. The molecule has 5 rings (SSSR count). The van der Waals surface area contributed by atoms with Crippen LogP contribution < -0.4 is 10.2 Å². The van der Waals surface area contributed by atoms with Crippen LogP contribution in [0, 0.1) is 12.7 Å². The van der Waals surface area contributed by atoms with Gasteiger partial charge in [0.05, 0.1) is 20.9 Å². The number of thiazole rings is 1. The molecule has 3 atom stereocenters. The standard InChI is InChI=1S/C26H31FN4O3S/c1-17-13-30(14-21(32)16-33-22-7-8-26-25(11-22)28-18(2)35-26)9-10-31(17)15-23-12-24(29-34-23)19-3-5-20(27)6-4-19/h3-8,11-12,17,21,23,29,32H,9-10,13-16H2,1-2H3/t17-,21+,23+/m0/s1. The predicted octanol–water partition coefficient (Wildman–Crippen LogP) is 3.43. The fourth-order valence-corrected chi connectivity index (χ4v) is 5.47. The summed E-state index contributed by atoms with van der Waals surface area (Å²) in [5.74, 6) is 0.485. The first-order chi connectivity index (χ1) is 16.9. The lowest BCUT2D eigenvalue weighted by molar-refractivity contribution is -0.00924. The highest BCUT2D eigenvalue weighted by molar-refractivity contribution is 7.18. The highest BCUT2D eigenvalue weighted by Crippen LogP contribution is 2.26. The second-order valence-corrected chi connectivity index (χ2v) is 10.5. The monoisotopic (exact) mass is 498 g/mol. The van der Waals surface area contributed by atoms with Crippen LogP contribution in [0.5, 0.6) is 5.75 Å². The number of nitrogens with zero attached hydrogens (tertiary/aromatic N) is 3. The highest BCUT2D eigenvalue weighted by Gasteiger charge is 2.28. The Labute approximate surface area is 208 Å². The van der Waals surface area contributed by atoms with Crippen molar-refractivity contribution in [1.29, 1.82) is 0 Å². The van der Waals surface area contributed by atoms with Gasteiger partial charge in [0.1, 0.15) is 30.4 Å². The molecule has 0 spiro atoms. The zero-order valence-electron chi connectivity index (χ0n) is 20.0. The van der Waals surface area contributed by atoms with Crippen LogP contribution in [0.2, 0.25) is 0 Å². The molecule has 0 saturated carbocycles. The Morgan fingerprint density at radius 2 is 2.09 bits per heavy atom. The average Bonchev–Trinajstić information content (AvgIpc) is 3.45. The first-order valence-corrected chi connectivity index (χ1v) is 12.8. The van der Waals surface area contributed by atoms with E-state index in [1.54, 1.807) is 23.5 Å². The molecule has 3 aromatic rings. The van der Waals surface area contributed by atoms with Gasteiger partial charge in [-0.25, -0.2) is 9.37 Å². The van der Waals surface area contributed by atoms with Crippen LogP contribution in [0.1, 0.15) is 17.5 Å². The van der Waals surface area contributed by atoms with Crippen LogP contribution in [-0.4, -0.2) is 77.5 Å². The number of halogens is 1. The number of hydrogen-bond acceptors (Lipinski definition) is 8. The lowest BCUT2D eigenvalue weighted by Gasteiger charge is -2.41. The summed E-state index contributed by atoms with van der Waals surface area (Å²) in [6, 6.07) is 12.6. The molecule has 35 heavy (non-hydrogen) atoms. The molecule has 1 fully saturated rings. The maximum Gasteiger partial charge on any atom is 0.123 e. The van der Waals surface area contributed by atoms with E-state index in [-0.39, 0.29) is 18.5 Å². The number of fused-ring (bicyclic) bond motifs is 1. The van der Waals surface area contributed by atoms with Crippen LogP contribution in [0.3, 0.4) is 0 Å². The van der Waals surface area contributed by atoms with Gasteiger partial charge in [-0.05, 0) is 61.9 Å². The van der Waals surface area contributed by atoms with Crippen molar-refractivity contribution in [3.8, 4) is 5.75 Å². The van der Waals surface area contributed by atoms with Crippen LogP contribution in [0.15, 0.2) is 48.5 Å². The number of piperazine rings is 1. The molecule has 9 heteroatoms. The van der Waals surface area contributed by atoms with Gasteiger partial charge >= 0.3 is 0 Å². The van der Waals surface area contributed by atoms with Crippen molar-refractivity contribution >= 4 is 27.3 Å². The molecule has 7 nitrogen and oxygen atoms in total. The van der Waals surface area contributed by atoms with Gasteiger partial charge in [0.25, 0.3) is 0 Å². The Balaban J connectivity index is 1.07. The topological polar surface area (TPSA) is 70.1 Å². The van der Waals surface area contributed by atoms with Crippen molar-refractivity contribution < 1.29 is 19.1 Å². The van der Waals surface area contributed by atoms with Gasteiger partial charge < -0.3 is 9.84 Å². The average molecular weight is 499 g/mol. The predicted molar refractivity (Wildman–Crippen MR) is 136 cm³/mol. The third-order valence-corrected chi connectivity index (χ3v) is 7.42. The summed E-state index contributed by atoms with van der Waals surface area (Å²) in [7, 11) is 0. The van der Waals surface area contributed by atoms with Crippen LogP contribution in [0.25, 0.3) is 15.9 Å². The summed E-state index contributed by atoms with van der Waals surface area (Å²) < 4.78 is 20.2. The summed E-state index contributed by atoms with van der Waals surface area (Å²) in [6.45, 7) is 8.44. The number of nitrogens with one attached hydrogen (secondary N) is 1. The van der Waals surface area contributed by atoms with Gasteiger partial charge in [-0.15, -0.1) is 11.3 Å². The number of hydroxylamine groups is 1. The quantitative estimate of drug-likeness (QED) is 0.493. The minimum Gasteiger partial charge on any atom is -0.491 e. The number of β-amino-alcohol motifs (C(OH)–C–C–N with tert-alkyl or cyclic N) is 1.